The molecule has 0 saturated carbocycles. The highest BCUT2D eigenvalue weighted by molar-refractivity contribution is 9.10. The molecule has 0 aliphatic heterocycles. The zero-order valence-electron chi connectivity index (χ0n) is 13.9. The summed E-state index contributed by atoms with van der Waals surface area (Å²) in [6.07, 6.45) is -4.43. The number of benzene rings is 2. The van der Waals surface area contributed by atoms with Crippen LogP contribution in [0.1, 0.15) is 23.6 Å². The molecule has 26 heavy (non-hydrogen) atoms. The molecule has 1 N–H and O–H groups in total. The molecule has 0 saturated heterocycles. The maximum atomic E-state index is 12.9. The van der Waals surface area contributed by atoms with Crippen LogP contribution < -0.4 is 5.32 Å². The molecule has 2 rings (SSSR count). The van der Waals surface area contributed by atoms with E-state index in [0.29, 0.717) is 28.1 Å². The van der Waals surface area contributed by atoms with Crippen molar-refractivity contribution in [3.8, 4) is 0 Å². The van der Waals surface area contributed by atoms with Crippen molar-refractivity contribution < 1.29 is 18.0 Å². The average Bonchev–Trinajstić information content (AvgIpc) is 2.59. The molecule has 0 spiro atoms. The summed E-state index contributed by atoms with van der Waals surface area (Å²) in [5.41, 5.74) is 0.524. The van der Waals surface area contributed by atoms with Gasteiger partial charge in [-0.3, -0.25) is 0 Å². The van der Waals surface area contributed by atoms with Crippen LogP contribution in [0.4, 0.5) is 18.0 Å². The number of nitrogens with one attached hydrogen (secondary N) is 1. The first-order valence-corrected chi connectivity index (χ1v) is 9.00. The van der Waals surface area contributed by atoms with Gasteiger partial charge in [0, 0.05) is 29.1 Å². The second-order valence-corrected chi connectivity index (χ2v) is 6.89. The summed E-state index contributed by atoms with van der Waals surface area (Å²) in [6, 6.07) is 10.1. The van der Waals surface area contributed by atoms with E-state index in [1.807, 2.05) is 0 Å². The molecule has 0 aliphatic rings. The fourth-order valence-corrected chi connectivity index (χ4v) is 2.79. The lowest BCUT2D eigenvalue weighted by molar-refractivity contribution is -0.137. The number of carbonyl (C=O) groups is 1. The maximum absolute atomic E-state index is 12.9. The van der Waals surface area contributed by atoms with Gasteiger partial charge in [0.1, 0.15) is 0 Å². The van der Waals surface area contributed by atoms with Gasteiger partial charge >= 0.3 is 12.2 Å². The summed E-state index contributed by atoms with van der Waals surface area (Å²) in [5, 5.41) is 3.36. The highest BCUT2D eigenvalue weighted by Gasteiger charge is 2.31. The quantitative estimate of drug-likeness (QED) is 0.610. The lowest BCUT2D eigenvalue weighted by Crippen LogP contribution is -2.39. The Labute approximate surface area is 163 Å². The largest absolute Gasteiger partial charge is 0.416 e. The van der Waals surface area contributed by atoms with E-state index in [0.717, 1.165) is 17.7 Å². The molecule has 8 heteroatoms. The lowest BCUT2D eigenvalue weighted by Gasteiger charge is -2.23. The predicted octanol–water partition coefficient (Wildman–Crippen LogP) is 5.85. The summed E-state index contributed by atoms with van der Waals surface area (Å²) >= 11 is 9.07. The van der Waals surface area contributed by atoms with Gasteiger partial charge in [-0.2, -0.15) is 13.2 Å². The van der Waals surface area contributed by atoms with Gasteiger partial charge < -0.3 is 10.2 Å². The topological polar surface area (TPSA) is 32.3 Å². The molecule has 2 aromatic rings. The van der Waals surface area contributed by atoms with Crippen LogP contribution in [0, 0.1) is 0 Å². The summed E-state index contributed by atoms with van der Waals surface area (Å²) in [6.45, 7) is 2.49. The predicted molar refractivity (Wildman–Crippen MR) is 98.9 cm³/mol. The number of rotatable bonds is 5. The second kappa shape index (κ2) is 8.77. The van der Waals surface area contributed by atoms with E-state index in [2.05, 4.69) is 21.2 Å². The Bertz CT molecular complexity index is 766. The van der Waals surface area contributed by atoms with Crippen molar-refractivity contribution in [2.75, 3.05) is 6.54 Å². The van der Waals surface area contributed by atoms with E-state index in [1.165, 1.54) is 11.0 Å². The molecule has 0 radical (unpaired) electrons. The van der Waals surface area contributed by atoms with Crippen molar-refractivity contribution in [3.63, 3.8) is 0 Å². The van der Waals surface area contributed by atoms with E-state index in [-0.39, 0.29) is 12.6 Å². The molecular formula is C18H17BrClF3N2O. The Morgan fingerprint density at radius 3 is 2.42 bits per heavy atom. The van der Waals surface area contributed by atoms with Gasteiger partial charge in [-0.1, -0.05) is 39.7 Å². The van der Waals surface area contributed by atoms with Gasteiger partial charge in [-0.15, -0.1) is 0 Å². The summed E-state index contributed by atoms with van der Waals surface area (Å²) in [5.74, 6) is 0. The van der Waals surface area contributed by atoms with Gasteiger partial charge in [0.2, 0.25) is 0 Å². The van der Waals surface area contributed by atoms with Crippen LogP contribution in [0.25, 0.3) is 0 Å². The van der Waals surface area contributed by atoms with Gasteiger partial charge in [0.25, 0.3) is 0 Å². The Hall–Kier alpha value is -1.73. The highest BCUT2D eigenvalue weighted by Crippen LogP contribution is 2.32. The molecule has 0 heterocycles. The molecule has 0 atom stereocenters. The van der Waals surface area contributed by atoms with Crippen molar-refractivity contribution >= 4 is 33.6 Å². The summed E-state index contributed by atoms with van der Waals surface area (Å²) < 4.78 is 39.2. The molecule has 0 fully saturated rings. The number of halogens is 5. The minimum Gasteiger partial charge on any atom is -0.334 e. The van der Waals surface area contributed by atoms with Gasteiger partial charge in [-0.25, -0.2) is 4.79 Å². The number of alkyl halides is 3. The zero-order valence-corrected chi connectivity index (χ0v) is 16.2. The number of hydrogen-bond acceptors (Lipinski definition) is 1. The van der Waals surface area contributed by atoms with Crippen LogP contribution in [0.3, 0.4) is 0 Å². The third-order valence-corrected chi connectivity index (χ3v) is 4.79. The molecule has 2 aromatic carbocycles. The maximum Gasteiger partial charge on any atom is 0.416 e. The normalized spacial score (nSPS) is 11.3. The molecule has 0 bridgehead atoms. The minimum absolute atomic E-state index is 0.0630. The number of nitrogens with zero attached hydrogens (tertiary/aromatic N) is 1. The average molecular weight is 450 g/mol. The van der Waals surface area contributed by atoms with E-state index in [4.69, 9.17) is 11.6 Å². The molecule has 3 nitrogen and oxygen atoms in total. The van der Waals surface area contributed by atoms with E-state index in [1.54, 1.807) is 31.2 Å². The first-order valence-electron chi connectivity index (χ1n) is 7.83. The number of amides is 2. The Kier molecular flexibility index (Phi) is 6.94. The number of urea groups is 1. The molecule has 0 aromatic heterocycles. The summed E-state index contributed by atoms with van der Waals surface area (Å²) in [7, 11) is 0. The van der Waals surface area contributed by atoms with E-state index < -0.39 is 11.7 Å². The van der Waals surface area contributed by atoms with Crippen molar-refractivity contribution in [1.29, 1.82) is 0 Å². The summed E-state index contributed by atoms with van der Waals surface area (Å²) in [4.78, 5) is 13.8. The highest BCUT2D eigenvalue weighted by atomic mass is 79.9. The lowest BCUT2D eigenvalue weighted by atomic mass is 10.1. The van der Waals surface area contributed by atoms with Crippen LogP contribution in [0.5, 0.6) is 0 Å². The number of carbonyl (C=O) groups excluding carboxylic acids is 1. The Morgan fingerprint density at radius 2 is 1.85 bits per heavy atom. The van der Waals surface area contributed by atoms with Gasteiger partial charge in [-0.05, 0) is 48.4 Å². The molecule has 0 unspecified atom stereocenters. The zero-order chi connectivity index (χ0) is 19.3. The fraction of sp³-hybridized carbons (Fsp3) is 0.278. The SMILES string of the molecule is CCN(Cc1cc(C(F)(F)F)ccc1Br)C(=O)NCc1ccc(Cl)cc1. The second-order valence-electron chi connectivity index (χ2n) is 5.60. The third kappa shape index (κ3) is 5.64. The first kappa shape index (κ1) is 20.6. The van der Waals surface area contributed by atoms with Crippen molar-refractivity contribution in [3.05, 3.63) is 68.7 Å². The van der Waals surface area contributed by atoms with Crippen LogP contribution in [-0.2, 0) is 19.3 Å². The smallest absolute Gasteiger partial charge is 0.334 e. The van der Waals surface area contributed by atoms with Crippen molar-refractivity contribution in [2.45, 2.75) is 26.2 Å². The van der Waals surface area contributed by atoms with Gasteiger partial charge in [0.05, 0.1) is 5.56 Å². The standard InChI is InChI=1S/C18H17BrClF3N2O/c1-2-25(17(26)24-10-12-3-6-15(20)7-4-12)11-13-9-14(18(21,22)23)5-8-16(13)19/h3-9H,2,10-11H2,1H3,(H,24,26). The molecule has 2 amide bonds. The fourth-order valence-electron chi connectivity index (χ4n) is 2.30. The Morgan fingerprint density at radius 1 is 1.19 bits per heavy atom. The Balaban J connectivity index is 2.06. The number of hydrogen-bond donors (Lipinski definition) is 1. The van der Waals surface area contributed by atoms with Crippen LogP contribution >= 0.6 is 27.5 Å². The van der Waals surface area contributed by atoms with Crippen LogP contribution in [-0.4, -0.2) is 17.5 Å². The van der Waals surface area contributed by atoms with E-state index in [9.17, 15) is 18.0 Å². The molecular weight excluding hydrogens is 433 g/mol. The third-order valence-electron chi connectivity index (χ3n) is 3.76. The first-order chi connectivity index (χ1) is 12.2. The van der Waals surface area contributed by atoms with Crippen molar-refractivity contribution in [2.24, 2.45) is 0 Å². The van der Waals surface area contributed by atoms with Gasteiger partial charge in [0.15, 0.2) is 0 Å². The molecule has 0 aliphatic carbocycles. The molecule has 140 valence electrons. The minimum atomic E-state index is -4.43. The van der Waals surface area contributed by atoms with Crippen molar-refractivity contribution in [1.82, 2.24) is 10.2 Å². The van der Waals surface area contributed by atoms with Crippen LogP contribution in [0.15, 0.2) is 46.9 Å². The van der Waals surface area contributed by atoms with E-state index >= 15 is 0 Å². The monoisotopic (exact) mass is 448 g/mol. The van der Waals surface area contributed by atoms with Crippen LogP contribution in [0.2, 0.25) is 5.02 Å².